The Morgan fingerprint density at radius 1 is 1.53 bits per heavy atom. The summed E-state index contributed by atoms with van der Waals surface area (Å²) in [6.07, 6.45) is 0. The number of rotatable bonds is 3. The Hall–Kier alpha value is -2.44. The van der Waals surface area contributed by atoms with Gasteiger partial charge in [0.05, 0.1) is 12.1 Å². The molecular formula is C10H12N6O. The molecule has 88 valence electrons. The second-order valence-electron chi connectivity index (χ2n) is 3.55. The number of aromatic nitrogens is 4. The summed E-state index contributed by atoms with van der Waals surface area (Å²) in [5, 5.41) is 15.8. The van der Waals surface area contributed by atoms with E-state index in [1.54, 1.807) is 12.1 Å². The van der Waals surface area contributed by atoms with Gasteiger partial charge in [-0.25, -0.2) is 0 Å². The lowest BCUT2D eigenvalue weighted by Crippen LogP contribution is -2.24. The van der Waals surface area contributed by atoms with E-state index in [1.165, 1.54) is 0 Å². The van der Waals surface area contributed by atoms with Crippen molar-refractivity contribution in [1.29, 1.82) is 0 Å². The van der Waals surface area contributed by atoms with Crippen LogP contribution in [0.25, 0.3) is 0 Å². The van der Waals surface area contributed by atoms with Crippen LogP contribution in [0.2, 0.25) is 0 Å². The highest BCUT2D eigenvalue weighted by Crippen LogP contribution is 2.16. The summed E-state index contributed by atoms with van der Waals surface area (Å²) >= 11 is 0. The van der Waals surface area contributed by atoms with E-state index >= 15 is 0 Å². The largest absolute Gasteiger partial charge is 0.398 e. The third kappa shape index (κ3) is 2.39. The molecule has 0 spiro atoms. The minimum Gasteiger partial charge on any atom is -0.398 e. The number of nitrogens with one attached hydrogen (secondary N) is 2. The maximum absolute atomic E-state index is 11.8. The van der Waals surface area contributed by atoms with E-state index in [0.29, 0.717) is 17.1 Å². The second-order valence-corrected chi connectivity index (χ2v) is 3.55. The fourth-order valence-electron chi connectivity index (χ4n) is 1.39. The normalized spacial score (nSPS) is 10.2. The first kappa shape index (κ1) is 11.1. The molecule has 2 rings (SSSR count). The Balaban J connectivity index is 2.07. The molecule has 7 nitrogen and oxygen atoms in total. The van der Waals surface area contributed by atoms with Crippen LogP contribution in [0.15, 0.2) is 18.2 Å². The first-order chi connectivity index (χ1) is 8.18. The number of aryl methyl sites for hydroxylation is 1. The molecule has 1 amide bonds. The number of carbonyl (C=O) groups excluding carboxylic acids is 1. The molecule has 0 atom stereocenters. The molecule has 0 fully saturated rings. The molecular weight excluding hydrogens is 220 g/mol. The van der Waals surface area contributed by atoms with E-state index in [0.717, 1.165) is 5.56 Å². The number of tetrazole rings is 1. The van der Waals surface area contributed by atoms with Crippen LogP contribution in [-0.4, -0.2) is 26.5 Å². The highest BCUT2D eigenvalue weighted by molar-refractivity contribution is 5.99. The number of H-pyrrole nitrogens is 1. The second kappa shape index (κ2) is 4.60. The predicted octanol–water partition coefficient (Wildman–Crippen LogP) is 0.0203. The van der Waals surface area contributed by atoms with Crippen LogP contribution >= 0.6 is 0 Å². The fourth-order valence-corrected chi connectivity index (χ4v) is 1.39. The summed E-state index contributed by atoms with van der Waals surface area (Å²) in [7, 11) is 0. The Morgan fingerprint density at radius 3 is 3.06 bits per heavy atom. The summed E-state index contributed by atoms with van der Waals surface area (Å²) in [4.78, 5) is 11.8. The average Bonchev–Trinajstić information content (AvgIpc) is 2.82. The fraction of sp³-hybridized carbons (Fsp3) is 0.200. The average molecular weight is 232 g/mol. The van der Waals surface area contributed by atoms with Crippen molar-refractivity contribution in [3.8, 4) is 0 Å². The van der Waals surface area contributed by atoms with Gasteiger partial charge in [-0.05, 0) is 18.6 Å². The van der Waals surface area contributed by atoms with Gasteiger partial charge in [0, 0.05) is 5.69 Å². The molecule has 1 heterocycles. The zero-order valence-electron chi connectivity index (χ0n) is 9.27. The van der Waals surface area contributed by atoms with Gasteiger partial charge in [-0.1, -0.05) is 17.3 Å². The Kier molecular flexibility index (Phi) is 2.99. The van der Waals surface area contributed by atoms with Crippen LogP contribution in [0.4, 0.5) is 5.69 Å². The van der Waals surface area contributed by atoms with Gasteiger partial charge in [0.25, 0.3) is 5.91 Å². The smallest absolute Gasteiger partial charge is 0.253 e. The number of carbonyl (C=O) groups is 1. The number of nitrogens with two attached hydrogens (primary N) is 1. The molecule has 0 saturated carbocycles. The van der Waals surface area contributed by atoms with E-state index in [1.807, 2.05) is 13.0 Å². The maximum Gasteiger partial charge on any atom is 0.253 e. The first-order valence-corrected chi connectivity index (χ1v) is 5.04. The molecule has 1 aromatic carbocycles. The van der Waals surface area contributed by atoms with Crippen molar-refractivity contribution in [3.63, 3.8) is 0 Å². The van der Waals surface area contributed by atoms with Gasteiger partial charge >= 0.3 is 0 Å². The van der Waals surface area contributed by atoms with Crippen molar-refractivity contribution >= 4 is 11.6 Å². The number of nitrogens with zero attached hydrogens (tertiary/aromatic N) is 3. The maximum atomic E-state index is 11.8. The molecule has 7 heteroatoms. The summed E-state index contributed by atoms with van der Waals surface area (Å²) in [5.74, 6) is 0.167. The molecule has 4 N–H and O–H groups in total. The molecule has 0 radical (unpaired) electrons. The molecule has 0 bridgehead atoms. The minimum atomic E-state index is -0.254. The first-order valence-electron chi connectivity index (χ1n) is 5.04. The molecule has 0 aliphatic carbocycles. The van der Waals surface area contributed by atoms with Crippen LogP contribution in [0.1, 0.15) is 21.7 Å². The highest BCUT2D eigenvalue weighted by atomic mass is 16.1. The summed E-state index contributed by atoms with van der Waals surface area (Å²) in [5.41, 5.74) is 7.63. The Morgan fingerprint density at radius 2 is 2.35 bits per heavy atom. The number of para-hydroxylation sites is 1. The molecule has 0 unspecified atom stereocenters. The topological polar surface area (TPSA) is 110 Å². The van der Waals surface area contributed by atoms with E-state index in [2.05, 4.69) is 25.9 Å². The zero-order chi connectivity index (χ0) is 12.3. The van der Waals surface area contributed by atoms with Gasteiger partial charge in [-0.3, -0.25) is 4.79 Å². The lowest BCUT2D eigenvalue weighted by Gasteiger charge is -2.07. The zero-order valence-corrected chi connectivity index (χ0v) is 9.27. The molecule has 0 aliphatic heterocycles. The predicted molar refractivity (Wildman–Crippen MR) is 60.9 cm³/mol. The number of hydrogen-bond donors (Lipinski definition) is 3. The summed E-state index contributed by atoms with van der Waals surface area (Å²) < 4.78 is 0. The lowest BCUT2D eigenvalue weighted by atomic mass is 10.1. The Bertz CT molecular complexity index is 522. The van der Waals surface area contributed by atoms with Crippen molar-refractivity contribution in [2.75, 3.05) is 5.73 Å². The van der Waals surface area contributed by atoms with Crippen LogP contribution in [0, 0.1) is 6.92 Å². The molecule has 0 aliphatic rings. The van der Waals surface area contributed by atoms with Crippen LogP contribution in [-0.2, 0) is 6.54 Å². The molecule has 0 saturated heterocycles. The SMILES string of the molecule is Cc1cccc(C(=O)NCc2nn[nH]n2)c1N. The summed E-state index contributed by atoms with van der Waals surface area (Å²) in [6.45, 7) is 2.06. The third-order valence-corrected chi connectivity index (χ3v) is 2.37. The number of amides is 1. The third-order valence-electron chi connectivity index (χ3n) is 2.37. The van der Waals surface area contributed by atoms with Crippen LogP contribution in [0.5, 0.6) is 0 Å². The molecule has 2 aromatic rings. The van der Waals surface area contributed by atoms with Crippen molar-refractivity contribution in [2.45, 2.75) is 13.5 Å². The quantitative estimate of drug-likeness (QED) is 0.646. The molecule has 17 heavy (non-hydrogen) atoms. The van der Waals surface area contributed by atoms with Gasteiger partial charge in [0.2, 0.25) is 0 Å². The number of anilines is 1. The van der Waals surface area contributed by atoms with Gasteiger partial charge in [0.15, 0.2) is 5.82 Å². The monoisotopic (exact) mass is 232 g/mol. The van der Waals surface area contributed by atoms with Crippen molar-refractivity contribution < 1.29 is 4.79 Å². The van der Waals surface area contributed by atoms with Gasteiger partial charge < -0.3 is 11.1 Å². The number of hydrogen-bond acceptors (Lipinski definition) is 5. The lowest BCUT2D eigenvalue weighted by molar-refractivity contribution is 0.0950. The minimum absolute atomic E-state index is 0.211. The molecule has 1 aromatic heterocycles. The van der Waals surface area contributed by atoms with E-state index in [-0.39, 0.29) is 12.5 Å². The Labute approximate surface area is 97.4 Å². The van der Waals surface area contributed by atoms with Gasteiger partial charge in [-0.15, -0.1) is 10.2 Å². The van der Waals surface area contributed by atoms with Crippen LogP contribution in [0.3, 0.4) is 0 Å². The van der Waals surface area contributed by atoms with Gasteiger partial charge in [0.1, 0.15) is 0 Å². The summed E-state index contributed by atoms with van der Waals surface area (Å²) in [6, 6.07) is 5.31. The highest BCUT2D eigenvalue weighted by Gasteiger charge is 2.11. The van der Waals surface area contributed by atoms with Crippen molar-refractivity contribution in [3.05, 3.63) is 35.2 Å². The van der Waals surface area contributed by atoms with Crippen molar-refractivity contribution in [1.82, 2.24) is 25.9 Å². The number of benzene rings is 1. The van der Waals surface area contributed by atoms with E-state index in [4.69, 9.17) is 5.73 Å². The van der Waals surface area contributed by atoms with Gasteiger partial charge in [-0.2, -0.15) is 5.21 Å². The van der Waals surface area contributed by atoms with Crippen molar-refractivity contribution in [2.24, 2.45) is 0 Å². The number of aromatic amines is 1. The van der Waals surface area contributed by atoms with E-state index < -0.39 is 0 Å². The van der Waals surface area contributed by atoms with Crippen LogP contribution < -0.4 is 11.1 Å². The van der Waals surface area contributed by atoms with E-state index in [9.17, 15) is 4.79 Å². The number of nitrogen functional groups attached to an aromatic ring is 1. The standard InChI is InChI=1S/C10H12N6O/c1-6-3-2-4-7(9(6)11)10(17)12-5-8-13-15-16-14-8/h2-4H,5,11H2,1H3,(H,12,17)(H,13,14,15,16).